The van der Waals surface area contributed by atoms with Crippen molar-refractivity contribution in [3.63, 3.8) is 0 Å². The number of hydrogen-bond acceptors (Lipinski definition) is 5. The number of fused-ring (bicyclic) bond motifs is 1. The zero-order chi connectivity index (χ0) is 24.9. The van der Waals surface area contributed by atoms with E-state index in [-0.39, 0.29) is 5.91 Å². The summed E-state index contributed by atoms with van der Waals surface area (Å²) in [5.74, 6) is -0.248. The highest BCUT2D eigenvalue weighted by Crippen LogP contribution is 2.28. The van der Waals surface area contributed by atoms with Crippen LogP contribution in [0.25, 0.3) is 10.9 Å². The number of pyridine rings is 2. The fraction of sp³-hybridized carbons (Fsp3) is 0.100. The van der Waals surface area contributed by atoms with Gasteiger partial charge in [-0.05, 0) is 66.1 Å². The molecule has 6 nitrogen and oxygen atoms in total. The number of hydrogen-bond donors (Lipinski definition) is 2. The van der Waals surface area contributed by atoms with E-state index in [1.54, 1.807) is 18.5 Å². The van der Waals surface area contributed by atoms with E-state index in [2.05, 4.69) is 43.7 Å². The summed E-state index contributed by atoms with van der Waals surface area (Å²) in [5, 5.41) is 7.34. The standard InChI is InChI=1S/C30H27N5O/c1-35(2)25-13-15-27-26(19-25)28(16-17-31-27)33-24-12-14-29(32-20-24)30(36)34-23-10-8-22(9-11-23)18-21-6-4-3-5-7-21/h3-17,19-20H,18H2,1-2H3,(H,31,33)(H,34,36). The number of amides is 1. The minimum atomic E-state index is -0.248. The summed E-state index contributed by atoms with van der Waals surface area (Å²) in [6.45, 7) is 0. The molecule has 0 fully saturated rings. The first-order valence-corrected chi connectivity index (χ1v) is 11.8. The van der Waals surface area contributed by atoms with Gasteiger partial charge in [0.25, 0.3) is 5.91 Å². The third kappa shape index (κ3) is 5.33. The number of nitrogens with zero attached hydrogens (tertiary/aromatic N) is 3. The van der Waals surface area contributed by atoms with Gasteiger partial charge >= 0.3 is 0 Å². The first-order chi connectivity index (χ1) is 17.5. The van der Waals surface area contributed by atoms with Crippen LogP contribution >= 0.6 is 0 Å². The fourth-order valence-electron chi connectivity index (χ4n) is 4.01. The van der Waals surface area contributed by atoms with Crippen LogP contribution in [0.4, 0.5) is 22.7 Å². The predicted octanol–water partition coefficient (Wildman–Crippen LogP) is 6.28. The number of nitrogens with one attached hydrogen (secondary N) is 2. The van der Waals surface area contributed by atoms with Crippen LogP contribution in [0.2, 0.25) is 0 Å². The smallest absolute Gasteiger partial charge is 0.274 e. The third-order valence-electron chi connectivity index (χ3n) is 5.98. The van der Waals surface area contributed by atoms with E-state index in [9.17, 15) is 4.79 Å². The van der Waals surface area contributed by atoms with Gasteiger partial charge in [0.05, 0.1) is 17.4 Å². The molecular formula is C30H27N5O. The Balaban J connectivity index is 1.25. The molecule has 2 N–H and O–H groups in total. The molecule has 0 unspecified atom stereocenters. The molecule has 5 aromatic rings. The molecule has 1 amide bonds. The molecule has 0 saturated carbocycles. The van der Waals surface area contributed by atoms with Gasteiger partial charge in [0.15, 0.2) is 0 Å². The van der Waals surface area contributed by atoms with Gasteiger partial charge in [0.2, 0.25) is 0 Å². The predicted molar refractivity (Wildman–Crippen MR) is 147 cm³/mol. The van der Waals surface area contributed by atoms with Crippen LogP contribution in [0.3, 0.4) is 0 Å². The highest BCUT2D eigenvalue weighted by molar-refractivity contribution is 6.03. The molecule has 2 aromatic heterocycles. The molecule has 0 saturated heterocycles. The maximum atomic E-state index is 12.7. The number of aromatic nitrogens is 2. The van der Waals surface area contributed by atoms with Crippen LogP contribution in [0.1, 0.15) is 21.6 Å². The molecule has 0 aliphatic carbocycles. The van der Waals surface area contributed by atoms with Crippen LogP contribution in [0.15, 0.2) is 103 Å². The summed E-state index contributed by atoms with van der Waals surface area (Å²) in [7, 11) is 4.02. The maximum Gasteiger partial charge on any atom is 0.274 e. The largest absolute Gasteiger partial charge is 0.378 e. The Hall–Kier alpha value is -4.71. The van der Waals surface area contributed by atoms with E-state index in [4.69, 9.17) is 0 Å². The average Bonchev–Trinajstić information content (AvgIpc) is 2.91. The van der Waals surface area contributed by atoms with Crippen LogP contribution < -0.4 is 15.5 Å². The van der Waals surface area contributed by atoms with Gasteiger partial charge in [-0.3, -0.25) is 9.78 Å². The van der Waals surface area contributed by atoms with Crippen molar-refractivity contribution >= 4 is 39.6 Å². The minimum Gasteiger partial charge on any atom is -0.378 e. The Kier molecular flexibility index (Phi) is 6.58. The highest BCUT2D eigenvalue weighted by Gasteiger charge is 2.10. The first kappa shape index (κ1) is 23.1. The fourth-order valence-corrected chi connectivity index (χ4v) is 4.01. The van der Waals surface area contributed by atoms with Gasteiger partial charge in [0, 0.05) is 42.7 Å². The number of benzene rings is 3. The summed E-state index contributed by atoms with van der Waals surface area (Å²) in [5.41, 5.74) is 7.25. The molecule has 0 radical (unpaired) electrons. The van der Waals surface area contributed by atoms with E-state index < -0.39 is 0 Å². The normalized spacial score (nSPS) is 10.7. The summed E-state index contributed by atoms with van der Waals surface area (Å²) < 4.78 is 0. The van der Waals surface area contributed by atoms with Crippen molar-refractivity contribution in [3.05, 3.63) is 120 Å². The van der Waals surface area contributed by atoms with E-state index in [0.29, 0.717) is 5.69 Å². The summed E-state index contributed by atoms with van der Waals surface area (Å²) in [6, 6.07) is 29.9. The molecule has 3 aromatic carbocycles. The second-order valence-corrected chi connectivity index (χ2v) is 8.82. The number of carbonyl (C=O) groups is 1. The SMILES string of the molecule is CN(C)c1ccc2nccc(Nc3ccc(C(=O)Nc4ccc(Cc5ccccc5)cc4)nc3)c2c1. The Morgan fingerprint density at radius 2 is 1.56 bits per heavy atom. The molecule has 0 spiro atoms. The Morgan fingerprint density at radius 1 is 0.806 bits per heavy atom. The van der Waals surface area contributed by atoms with Crippen molar-refractivity contribution in [3.8, 4) is 0 Å². The quantitative estimate of drug-likeness (QED) is 0.291. The number of rotatable bonds is 7. The topological polar surface area (TPSA) is 70.2 Å². The molecule has 5 rings (SSSR count). The molecule has 6 heteroatoms. The Bertz CT molecular complexity index is 1480. The van der Waals surface area contributed by atoms with E-state index >= 15 is 0 Å². The number of carbonyl (C=O) groups excluding carboxylic acids is 1. The first-order valence-electron chi connectivity index (χ1n) is 11.8. The van der Waals surface area contributed by atoms with Crippen LogP contribution in [-0.2, 0) is 6.42 Å². The van der Waals surface area contributed by atoms with Crippen LogP contribution in [0, 0.1) is 0 Å². The second-order valence-electron chi connectivity index (χ2n) is 8.82. The van der Waals surface area contributed by atoms with Gasteiger partial charge in [-0.2, -0.15) is 0 Å². The number of anilines is 4. The highest BCUT2D eigenvalue weighted by atomic mass is 16.1. The van der Waals surface area contributed by atoms with Crippen molar-refractivity contribution in [1.82, 2.24) is 9.97 Å². The minimum absolute atomic E-state index is 0.248. The van der Waals surface area contributed by atoms with E-state index in [0.717, 1.165) is 40.1 Å². The molecular weight excluding hydrogens is 446 g/mol. The van der Waals surface area contributed by atoms with Crippen LogP contribution in [-0.4, -0.2) is 30.0 Å². The zero-order valence-corrected chi connectivity index (χ0v) is 20.3. The molecule has 36 heavy (non-hydrogen) atoms. The van der Waals surface area contributed by atoms with Crippen molar-refractivity contribution in [2.24, 2.45) is 0 Å². The van der Waals surface area contributed by atoms with Crippen molar-refractivity contribution in [2.75, 3.05) is 29.6 Å². The summed E-state index contributed by atoms with van der Waals surface area (Å²) >= 11 is 0. The van der Waals surface area contributed by atoms with Gasteiger partial charge in [-0.25, -0.2) is 4.98 Å². The van der Waals surface area contributed by atoms with Crippen molar-refractivity contribution in [2.45, 2.75) is 6.42 Å². The molecule has 2 heterocycles. The molecule has 0 bridgehead atoms. The lowest BCUT2D eigenvalue weighted by molar-refractivity contribution is 0.102. The van der Waals surface area contributed by atoms with E-state index in [1.165, 1.54) is 11.1 Å². The summed E-state index contributed by atoms with van der Waals surface area (Å²) in [4.78, 5) is 23.6. The summed E-state index contributed by atoms with van der Waals surface area (Å²) in [6.07, 6.45) is 4.30. The van der Waals surface area contributed by atoms with Gasteiger partial charge in [-0.15, -0.1) is 0 Å². The monoisotopic (exact) mass is 473 g/mol. The zero-order valence-electron chi connectivity index (χ0n) is 20.3. The Morgan fingerprint density at radius 3 is 2.28 bits per heavy atom. The van der Waals surface area contributed by atoms with Crippen LogP contribution in [0.5, 0.6) is 0 Å². The second kappa shape index (κ2) is 10.3. The lowest BCUT2D eigenvalue weighted by Gasteiger charge is -2.15. The van der Waals surface area contributed by atoms with Gasteiger partial charge in [0.1, 0.15) is 5.69 Å². The molecule has 178 valence electrons. The average molecular weight is 474 g/mol. The lowest BCUT2D eigenvalue weighted by Crippen LogP contribution is -2.13. The van der Waals surface area contributed by atoms with Crippen molar-refractivity contribution in [1.29, 1.82) is 0 Å². The third-order valence-corrected chi connectivity index (χ3v) is 5.98. The van der Waals surface area contributed by atoms with Gasteiger partial charge in [-0.1, -0.05) is 42.5 Å². The lowest BCUT2D eigenvalue weighted by atomic mass is 10.0. The van der Waals surface area contributed by atoms with E-state index in [1.807, 2.05) is 80.8 Å². The maximum absolute atomic E-state index is 12.7. The van der Waals surface area contributed by atoms with Gasteiger partial charge < -0.3 is 15.5 Å². The molecule has 0 aliphatic rings. The Labute approximate surface area is 210 Å². The van der Waals surface area contributed by atoms with Crippen molar-refractivity contribution < 1.29 is 4.79 Å². The molecule has 0 aliphatic heterocycles. The molecule has 0 atom stereocenters.